The van der Waals surface area contributed by atoms with Crippen LogP contribution in [-0.2, 0) is 0 Å². The number of halogens is 1. The number of hydrogen-bond acceptors (Lipinski definition) is 5. The Bertz CT molecular complexity index is 1530. The van der Waals surface area contributed by atoms with Crippen LogP contribution in [0.25, 0.3) is 32.8 Å². The minimum Gasteiger partial charge on any atom is -0.298 e. The molecule has 8 heteroatoms. The van der Waals surface area contributed by atoms with Crippen LogP contribution in [0.2, 0.25) is 0 Å². The number of benzene rings is 4. The maximum Gasteiger partial charge on any atom is 0.269 e. The summed E-state index contributed by atoms with van der Waals surface area (Å²) in [6.07, 6.45) is 0. The molecule has 0 fully saturated rings. The second-order valence-electron chi connectivity index (χ2n) is 7.91. The number of thiazole rings is 1. The third-order valence-electron chi connectivity index (χ3n) is 5.56. The molecule has 0 radical (unpaired) electrons. The van der Waals surface area contributed by atoms with Gasteiger partial charge in [-0.15, -0.1) is 0 Å². The van der Waals surface area contributed by atoms with Crippen molar-refractivity contribution in [1.82, 2.24) is 4.98 Å². The first-order valence-electron chi connectivity index (χ1n) is 11.0. The van der Waals surface area contributed by atoms with E-state index in [-0.39, 0.29) is 11.6 Å². The van der Waals surface area contributed by atoms with Gasteiger partial charge in [-0.05, 0) is 53.1 Å². The molecule has 1 amide bonds. The predicted molar refractivity (Wildman–Crippen MR) is 147 cm³/mol. The van der Waals surface area contributed by atoms with Gasteiger partial charge in [-0.25, -0.2) is 4.98 Å². The highest BCUT2D eigenvalue weighted by Gasteiger charge is 2.18. The van der Waals surface area contributed by atoms with Crippen molar-refractivity contribution in [2.24, 2.45) is 0 Å². The Morgan fingerprint density at radius 1 is 0.778 bits per heavy atom. The van der Waals surface area contributed by atoms with Crippen molar-refractivity contribution in [2.75, 3.05) is 5.32 Å². The number of nitro benzene ring substituents is 1. The van der Waals surface area contributed by atoms with Gasteiger partial charge in [0.15, 0.2) is 5.13 Å². The average Bonchev–Trinajstić information content (AvgIpc) is 3.33. The van der Waals surface area contributed by atoms with Gasteiger partial charge >= 0.3 is 0 Å². The van der Waals surface area contributed by atoms with Gasteiger partial charge in [0.2, 0.25) is 0 Å². The average molecular weight is 556 g/mol. The maximum absolute atomic E-state index is 12.8. The predicted octanol–water partition coefficient (Wildman–Crippen LogP) is 8.07. The molecule has 6 nitrogen and oxygen atoms in total. The van der Waals surface area contributed by atoms with E-state index in [2.05, 4.69) is 33.4 Å². The van der Waals surface area contributed by atoms with Gasteiger partial charge in [-0.3, -0.25) is 20.2 Å². The third-order valence-corrected chi connectivity index (χ3v) is 7.11. The van der Waals surface area contributed by atoms with Crippen molar-refractivity contribution >= 4 is 44.0 Å². The molecular weight excluding hydrogens is 538 g/mol. The molecule has 36 heavy (non-hydrogen) atoms. The topological polar surface area (TPSA) is 85.1 Å². The third kappa shape index (κ3) is 5.10. The Labute approximate surface area is 219 Å². The summed E-state index contributed by atoms with van der Waals surface area (Å²) >= 11 is 4.70. The van der Waals surface area contributed by atoms with Crippen molar-refractivity contribution in [3.8, 4) is 32.8 Å². The number of carbonyl (C=O) groups is 1. The molecule has 0 saturated heterocycles. The number of nitrogens with zero attached hydrogens (tertiary/aromatic N) is 2. The van der Waals surface area contributed by atoms with Crippen LogP contribution in [0, 0.1) is 10.1 Å². The molecule has 0 saturated carbocycles. The van der Waals surface area contributed by atoms with Gasteiger partial charge in [-0.2, -0.15) is 0 Å². The zero-order valence-electron chi connectivity index (χ0n) is 18.7. The highest BCUT2D eigenvalue weighted by molar-refractivity contribution is 9.10. The lowest BCUT2D eigenvalue weighted by atomic mass is 10.0. The summed E-state index contributed by atoms with van der Waals surface area (Å²) in [6, 6.07) is 31.5. The number of rotatable bonds is 6. The molecule has 0 atom stereocenters. The molecular formula is C28H18BrN3O3S. The summed E-state index contributed by atoms with van der Waals surface area (Å²) in [5.41, 5.74) is 5.07. The molecule has 0 aliphatic heterocycles. The largest absolute Gasteiger partial charge is 0.298 e. The SMILES string of the molecule is O=C(Nc1nc(-c2ccc(-c3ccccc3)cc2)c(-c2ccc([N+](=O)[O-])cc2)s1)c1ccc(Br)cc1. The van der Waals surface area contributed by atoms with Crippen LogP contribution in [0.3, 0.4) is 0 Å². The van der Waals surface area contributed by atoms with Crippen LogP contribution in [0.15, 0.2) is 108 Å². The van der Waals surface area contributed by atoms with Gasteiger partial charge in [0, 0.05) is 27.7 Å². The Morgan fingerprint density at radius 2 is 1.36 bits per heavy atom. The molecule has 0 aliphatic carbocycles. The minimum atomic E-state index is -0.427. The second-order valence-corrected chi connectivity index (χ2v) is 9.82. The summed E-state index contributed by atoms with van der Waals surface area (Å²) < 4.78 is 0.884. The molecule has 1 aromatic heterocycles. The number of carbonyl (C=O) groups excluding carboxylic acids is 1. The van der Waals surface area contributed by atoms with Gasteiger partial charge in [0.05, 0.1) is 15.5 Å². The summed E-state index contributed by atoms with van der Waals surface area (Å²) in [7, 11) is 0. The van der Waals surface area contributed by atoms with Crippen molar-refractivity contribution in [3.63, 3.8) is 0 Å². The maximum atomic E-state index is 12.8. The van der Waals surface area contributed by atoms with E-state index in [1.54, 1.807) is 36.4 Å². The van der Waals surface area contributed by atoms with Gasteiger partial charge in [0.1, 0.15) is 0 Å². The Balaban J connectivity index is 1.52. The van der Waals surface area contributed by atoms with Crippen LogP contribution >= 0.6 is 27.3 Å². The molecule has 0 aliphatic rings. The van der Waals surface area contributed by atoms with Gasteiger partial charge in [-0.1, -0.05) is 81.9 Å². The van der Waals surface area contributed by atoms with E-state index < -0.39 is 4.92 Å². The van der Waals surface area contributed by atoms with Crippen molar-refractivity contribution in [1.29, 1.82) is 0 Å². The first-order chi connectivity index (χ1) is 17.5. The number of aromatic nitrogens is 1. The summed E-state index contributed by atoms with van der Waals surface area (Å²) in [5.74, 6) is -0.266. The smallest absolute Gasteiger partial charge is 0.269 e. The van der Waals surface area contributed by atoms with Gasteiger partial charge < -0.3 is 0 Å². The summed E-state index contributed by atoms with van der Waals surface area (Å²) in [6.45, 7) is 0. The first kappa shape index (κ1) is 23.6. The van der Waals surface area contributed by atoms with Gasteiger partial charge in [0.25, 0.3) is 11.6 Å². The monoisotopic (exact) mass is 555 g/mol. The lowest BCUT2D eigenvalue weighted by molar-refractivity contribution is -0.384. The standard InChI is InChI=1S/C28H18BrN3O3S/c29-23-14-10-22(11-15-23)27(33)31-28-30-25(26(36-28)21-12-16-24(17-13-21)32(34)35)20-8-6-19(7-9-20)18-4-2-1-3-5-18/h1-17H,(H,30,31,33). The number of non-ortho nitro benzene ring substituents is 1. The van der Waals surface area contributed by atoms with Crippen LogP contribution in [-0.4, -0.2) is 15.8 Å². The number of nitro groups is 1. The van der Waals surface area contributed by atoms with Crippen LogP contribution in [0.4, 0.5) is 10.8 Å². The fraction of sp³-hybridized carbons (Fsp3) is 0. The molecule has 5 rings (SSSR count). The van der Waals surface area contributed by atoms with E-state index in [9.17, 15) is 14.9 Å². The van der Waals surface area contributed by atoms with Crippen LogP contribution in [0.5, 0.6) is 0 Å². The highest BCUT2D eigenvalue weighted by Crippen LogP contribution is 2.40. The normalized spacial score (nSPS) is 10.7. The van der Waals surface area contributed by atoms with Crippen molar-refractivity contribution in [2.45, 2.75) is 0 Å². The van der Waals surface area contributed by atoms with E-state index in [1.807, 2.05) is 42.5 Å². The number of anilines is 1. The number of nitrogens with one attached hydrogen (secondary N) is 1. The van der Waals surface area contributed by atoms with Crippen LogP contribution in [0.1, 0.15) is 10.4 Å². The second kappa shape index (κ2) is 10.2. The number of hydrogen-bond donors (Lipinski definition) is 1. The lowest BCUT2D eigenvalue weighted by Gasteiger charge is -2.05. The van der Waals surface area contributed by atoms with E-state index in [1.165, 1.54) is 23.5 Å². The molecule has 0 spiro atoms. The Kier molecular flexibility index (Phi) is 6.71. The zero-order chi connectivity index (χ0) is 25.1. The number of amides is 1. The fourth-order valence-electron chi connectivity index (χ4n) is 3.72. The van der Waals surface area contributed by atoms with E-state index >= 15 is 0 Å². The fourth-order valence-corrected chi connectivity index (χ4v) is 4.97. The molecule has 1 N–H and O–H groups in total. The molecule has 0 unspecified atom stereocenters. The Morgan fingerprint density at radius 3 is 2.00 bits per heavy atom. The summed E-state index contributed by atoms with van der Waals surface area (Å²) in [4.78, 5) is 29.0. The zero-order valence-corrected chi connectivity index (χ0v) is 21.1. The van der Waals surface area contributed by atoms with E-state index in [0.29, 0.717) is 16.4 Å². The first-order valence-corrected chi connectivity index (χ1v) is 12.6. The van der Waals surface area contributed by atoms with Crippen molar-refractivity contribution < 1.29 is 9.72 Å². The quantitative estimate of drug-likeness (QED) is 0.169. The Hall–Kier alpha value is -4.14. The van der Waals surface area contributed by atoms with Crippen LogP contribution < -0.4 is 5.32 Å². The van der Waals surface area contributed by atoms with E-state index in [0.717, 1.165) is 31.6 Å². The van der Waals surface area contributed by atoms with Crippen molar-refractivity contribution in [3.05, 3.63) is 123 Å². The molecule has 1 heterocycles. The highest BCUT2D eigenvalue weighted by atomic mass is 79.9. The lowest BCUT2D eigenvalue weighted by Crippen LogP contribution is -2.11. The van der Waals surface area contributed by atoms with E-state index in [4.69, 9.17) is 4.98 Å². The molecule has 176 valence electrons. The summed E-state index contributed by atoms with van der Waals surface area (Å²) in [5, 5.41) is 14.4. The minimum absolute atomic E-state index is 0.0146. The molecule has 4 aromatic carbocycles. The molecule has 5 aromatic rings. The molecule has 0 bridgehead atoms.